The Morgan fingerprint density at radius 2 is 2.17 bits per heavy atom. The van der Waals surface area contributed by atoms with Crippen LogP contribution in [0.1, 0.15) is 27.2 Å². The van der Waals surface area contributed by atoms with Crippen molar-refractivity contribution in [2.75, 3.05) is 24.6 Å². The summed E-state index contributed by atoms with van der Waals surface area (Å²) in [6, 6.07) is 0. The lowest BCUT2D eigenvalue weighted by molar-refractivity contribution is 0.528. The summed E-state index contributed by atoms with van der Waals surface area (Å²) in [6.45, 7) is 9.36. The van der Waals surface area contributed by atoms with Crippen molar-refractivity contribution >= 4 is 11.8 Å². The summed E-state index contributed by atoms with van der Waals surface area (Å²) in [7, 11) is 0. The zero-order valence-electron chi connectivity index (χ0n) is 8.52. The van der Waals surface area contributed by atoms with Crippen LogP contribution in [0.25, 0.3) is 0 Å². The van der Waals surface area contributed by atoms with Crippen molar-refractivity contribution in [2.24, 2.45) is 11.3 Å². The van der Waals surface area contributed by atoms with Crippen molar-refractivity contribution in [1.29, 1.82) is 0 Å². The predicted octanol–water partition coefficient (Wildman–Crippen LogP) is 2.38. The van der Waals surface area contributed by atoms with E-state index in [-0.39, 0.29) is 0 Å². The SMILES string of the molecule is CCSCCNCC1CC1(C)C. The molecule has 12 heavy (non-hydrogen) atoms. The van der Waals surface area contributed by atoms with E-state index in [0.29, 0.717) is 5.41 Å². The minimum atomic E-state index is 0.644. The Kier molecular flexibility index (Phi) is 3.91. The summed E-state index contributed by atoms with van der Waals surface area (Å²) in [6.07, 6.45) is 1.42. The smallest absolute Gasteiger partial charge is 0.00580 e. The highest BCUT2D eigenvalue weighted by Crippen LogP contribution is 2.50. The third-order valence-corrected chi connectivity index (χ3v) is 3.64. The fourth-order valence-electron chi connectivity index (χ4n) is 1.49. The summed E-state index contributed by atoms with van der Waals surface area (Å²) in [4.78, 5) is 0. The van der Waals surface area contributed by atoms with Gasteiger partial charge in [-0.2, -0.15) is 11.8 Å². The number of rotatable bonds is 6. The largest absolute Gasteiger partial charge is 0.316 e. The molecule has 0 aromatic rings. The van der Waals surface area contributed by atoms with Crippen LogP contribution in [0, 0.1) is 11.3 Å². The molecule has 1 aliphatic carbocycles. The predicted molar refractivity (Wildman–Crippen MR) is 57.8 cm³/mol. The van der Waals surface area contributed by atoms with E-state index < -0.39 is 0 Å². The summed E-state index contributed by atoms with van der Waals surface area (Å²) in [5.74, 6) is 3.46. The second-order valence-corrected chi connectivity index (χ2v) is 5.68. The van der Waals surface area contributed by atoms with Gasteiger partial charge in [0, 0.05) is 12.3 Å². The molecule has 2 heteroatoms. The molecule has 1 nitrogen and oxygen atoms in total. The van der Waals surface area contributed by atoms with E-state index >= 15 is 0 Å². The molecule has 72 valence electrons. The van der Waals surface area contributed by atoms with Gasteiger partial charge in [0.05, 0.1) is 0 Å². The van der Waals surface area contributed by atoms with Crippen molar-refractivity contribution in [3.63, 3.8) is 0 Å². The van der Waals surface area contributed by atoms with E-state index in [1.807, 2.05) is 11.8 Å². The van der Waals surface area contributed by atoms with E-state index in [1.165, 1.54) is 31.0 Å². The fourth-order valence-corrected chi connectivity index (χ4v) is 2.07. The Morgan fingerprint density at radius 1 is 1.50 bits per heavy atom. The highest BCUT2D eigenvalue weighted by Gasteiger charge is 2.44. The molecule has 1 rings (SSSR count). The van der Waals surface area contributed by atoms with Crippen LogP contribution in [0.2, 0.25) is 0 Å². The minimum Gasteiger partial charge on any atom is -0.316 e. The van der Waals surface area contributed by atoms with Gasteiger partial charge in [0.1, 0.15) is 0 Å². The van der Waals surface area contributed by atoms with Crippen LogP contribution in [0.15, 0.2) is 0 Å². The minimum absolute atomic E-state index is 0.644. The van der Waals surface area contributed by atoms with Gasteiger partial charge in [-0.1, -0.05) is 20.8 Å². The van der Waals surface area contributed by atoms with Crippen LogP contribution in [0.3, 0.4) is 0 Å². The molecule has 1 saturated carbocycles. The molecule has 1 fully saturated rings. The number of thioether (sulfide) groups is 1. The molecule has 0 heterocycles. The first-order valence-corrected chi connectivity index (χ1v) is 6.10. The number of nitrogens with one attached hydrogen (secondary N) is 1. The monoisotopic (exact) mass is 187 g/mol. The highest BCUT2D eigenvalue weighted by molar-refractivity contribution is 7.99. The number of hydrogen-bond donors (Lipinski definition) is 1. The van der Waals surface area contributed by atoms with Gasteiger partial charge < -0.3 is 5.32 Å². The van der Waals surface area contributed by atoms with Gasteiger partial charge in [-0.15, -0.1) is 0 Å². The van der Waals surface area contributed by atoms with E-state index in [0.717, 1.165) is 5.92 Å². The Labute approximate surface area is 80.7 Å². The standard InChI is InChI=1S/C10H21NS/c1-4-12-6-5-11-8-9-7-10(9,2)3/h9,11H,4-8H2,1-3H3. The molecule has 0 radical (unpaired) electrons. The third-order valence-electron chi connectivity index (χ3n) is 2.74. The molecule has 0 amide bonds. The lowest BCUT2D eigenvalue weighted by Gasteiger charge is -2.05. The molecule has 0 spiro atoms. The van der Waals surface area contributed by atoms with Gasteiger partial charge in [-0.25, -0.2) is 0 Å². The van der Waals surface area contributed by atoms with Crippen molar-refractivity contribution in [2.45, 2.75) is 27.2 Å². The van der Waals surface area contributed by atoms with Crippen LogP contribution in [-0.2, 0) is 0 Å². The molecule has 1 unspecified atom stereocenters. The van der Waals surface area contributed by atoms with Crippen molar-refractivity contribution in [3.8, 4) is 0 Å². The van der Waals surface area contributed by atoms with Crippen LogP contribution >= 0.6 is 11.8 Å². The molecular formula is C10H21NS. The van der Waals surface area contributed by atoms with Gasteiger partial charge >= 0.3 is 0 Å². The van der Waals surface area contributed by atoms with Crippen molar-refractivity contribution < 1.29 is 0 Å². The summed E-state index contributed by atoms with van der Waals surface area (Å²) in [5, 5.41) is 3.52. The van der Waals surface area contributed by atoms with Crippen LogP contribution in [0.4, 0.5) is 0 Å². The average Bonchev–Trinajstić information content (AvgIpc) is 2.59. The molecule has 0 saturated heterocycles. The summed E-state index contributed by atoms with van der Waals surface area (Å²) < 4.78 is 0. The van der Waals surface area contributed by atoms with Crippen LogP contribution < -0.4 is 5.32 Å². The lowest BCUT2D eigenvalue weighted by Crippen LogP contribution is -2.21. The molecule has 0 aliphatic heterocycles. The molecule has 1 atom stereocenters. The maximum absolute atomic E-state index is 3.52. The second-order valence-electron chi connectivity index (χ2n) is 4.29. The third kappa shape index (κ3) is 3.36. The number of hydrogen-bond acceptors (Lipinski definition) is 2. The van der Waals surface area contributed by atoms with Crippen LogP contribution in [-0.4, -0.2) is 24.6 Å². The lowest BCUT2D eigenvalue weighted by atomic mass is 10.1. The van der Waals surface area contributed by atoms with Crippen LogP contribution in [0.5, 0.6) is 0 Å². The van der Waals surface area contributed by atoms with Gasteiger partial charge in [0.2, 0.25) is 0 Å². The van der Waals surface area contributed by atoms with Gasteiger partial charge in [-0.05, 0) is 30.1 Å². The van der Waals surface area contributed by atoms with E-state index in [1.54, 1.807) is 0 Å². The van der Waals surface area contributed by atoms with Gasteiger partial charge in [0.15, 0.2) is 0 Å². The average molecular weight is 187 g/mol. The zero-order chi connectivity index (χ0) is 9.03. The second kappa shape index (κ2) is 4.52. The zero-order valence-corrected chi connectivity index (χ0v) is 9.34. The highest BCUT2D eigenvalue weighted by atomic mass is 32.2. The maximum Gasteiger partial charge on any atom is 0.00580 e. The van der Waals surface area contributed by atoms with E-state index in [4.69, 9.17) is 0 Å². The maximum atomic E-state index is 3.52. The molecule has 0 bridgehead atoms. The summed E-state index contributed by atoms with van der Waals surface area (Å²) >= 11 is 2.02. The Bertz CT molecular complexity index is 134. The normalized spacial score (nSPS) is 25.8. The first-order valence-electron chi connectivity index (χ1n) is 4.95. The quantitative estimate of drug-likeness (QED) is 0.641. The molecule has 1 aliphatic rings. The Hall–Kier alpha value is 0.310. The Balaban J connectivity index is 1.85. The fraction of sp³-hybridized carbons (Fsp3) is 1.00. The van der Waals surface area contributed by atoms with E-state index in [9.17, 15) is 0 Å². The molecular weight excluding hydrogens is 166 g/mol. The Morgan fingerprint density at radius 3 is 2.67 bits per heavy atom. The first-order chi connectivity index (χ1) is 5.67. The molecule has 0 aromatic heterocycles. The molecule has 1 N–H and O–H groups in total. The van der Waals surface area contributed by atoms with E-state index in [2.05, 4.69) is 26.1 Å². The van der Waals surface area contributed by atoms with Gasteiger partial charge in [-0.3, -0.25) is 0 Å². The topological polar surface area (TPSA) is 12.0 Å². The first kappa shape index (κ1) is 10.4. The summed E-state index contributed by atoms with van der Waals surface area (Å²) in [5.41, 5.74) is 0.644. The van der Waals surface area contributed by atoms with Crippen molar-refractivity contribution in [1.82, 2.24) is 5.32 Å². The van der Waals surface area contributed by atoms with Crippen molar-refractivity contribution in [3.05, 3.63) is 0 Å². The van der Waals surface area contributed by atoms with Gasteiger partial charge in [0.25, 0.3) is 0 Å². The molecule has 0 aromatic carbocycles.